The Balaban J connectivity index is 1.57. The van der Waals surface area contributed by atoms with Crippen LogP contribution in [0.2, 0.25) is 10.0 Å². The van der Waals surface area contributed by atoms with Crippen molar-refractivity contribution < 1.29 is 9.59 Å². The Morgan fingerprint density at radius 1 is 1.22 bits per heavy atom. The molecule has 2 amide bonds. The number of anilines is 1. The highest BCUT2D eigenvalue weighted by molar-refractivity contribution is 8.15. The summed E-state index contributed by atoms with van der Waals surface area (Å²) in [6, 6.07) is 14.1. The molecule has 0 aliphatic carbocycles. The third-order valence-corrected chi connectivity index (χ3v) is 5.15. The highest BCUT2D eigenvalue weighted by Crippen LogP contribution is 2.23. The van der Waals surface area contributed by atoms with Crippen molar-refractivity contribution in [2.45, 2.75) is 11.7 Å². The quantitative estimate of drug-likeness (QED) is 0.567. The van der Waals surface area contributed by atoms with Crippen LogP contribution in [0.5, 0.6) is 0 Å². The molecule has 3 rings (SSSR count). The van der Waals surface area contributed by atoms with Gasteiger partial charge in [0, 0.05) is 22.7 Å². The molecule has 138 valence electrons. The van der Waals surface area contributed by atoms with Gasteiger partial charge in [0.15, 0.2) is 5.17 Å². The van der Waals surface area contributed by atoms with E-state index in [4.69, 9.17) is 23.2 Å². The highest BCUT2D eigenvalue weighted by Gasteiger charge is 2.32. The minimum absolute atomic E-state index is 0.0388. The summed E-state index contributed by atoms with van der Waals surface area (Å²) in [5.41, 5.74) is 1.34. The summed E-state index contributed by atoms with van der Waals surface area (Å²) in [6.07, 6.45) is 1.50. The molecule has 0 unspecified atom stereocenters. The largest absolute Gasteiger partial charge is 0.326 e. The van der Waals surface area contributed by atoms with E-state index in [1.165, 1.54) is 6.21 Å². The second-order valence-corrected chi connectivity index (χ2v) is 7.56. The predicted molar refractivity (Wildman–Crippen MR) is 111 cm³/mol. The van der Waals surface area contributed by atoms with Crippen molar-refractivity contribution in [1.82, 2.24) is 5.32 Å². The lowest BCUT2D eigenvalue weighted by Crippen LogP contribution is -2.28. The maximum Gasteiger partial charge on any atom is 0.240 e. The van der Waals surface area contributed by atoms with Gasteiger partial charge in [0.25, 0.3) is 0 Å². The van der Waals surface area contributed by atoms with Crippen LogP contribution in [0.1, 0.15) is 12.0 Å². The SMILES string of the molecule is O=C(C[C@@H]1S/C(=N\N=C/c2ccc(Cl)cc2Cl)NC1=O)Nc1ccccc1. The van der Waals surface area contributed by atoms with Gasteiger partial charge in [-0.25, -0.2) is 0 Å². The number of amidine groups is 1. The Hall–Kier alpha value is -2.35. The molecule has 0 radical (unpaired) electrons. The zero-order valence-electron chi connectivity index (χ0n) is 13.9. The Morgan fingerprint density at radius 3 is 2.74 bits per heavy atom. The number of benzene rings is 2. The van der Waals surface area contributed by atoms with Crippen molar-refractivity contribution in [1.29, 1.82) is 0 Å². The summed E-state index contributed by atoms with van der Waals surface area (Å²) in [6.45, 7) is 0. The zero-order valence-corrected chi connectivity index (χ0v) is 16.2. The summed E-state index contributed by atoms with van der Waals surface area (Å²) in [5, 5.41) is 14.0. The molecule has 0 saturated carbocycles. The fraction of sp³-hybridized carbons (Fsp3) is 0.111. The van der Waals surface area contributed by atoms with E-state index in [0.29, 0.717) is 26.5 Å². The standard InChI is InChI=1S/C18H14Cl2N4O2S/c19-12-7-6-11(14(20)8-12)10-21-24-18-23-17(26)15(27-18)9-16(25)22-13-4-2-1-3-5-13/h1-8,10,15H,9H2,(H,22,25)(H,23,24,26)/b21-10-/t15-/m0/s1. The molecule has 1 saturated heterocycles. The van der Waals surface area contributed by atoms with Gasteiger partial charge in [-0.05, 0) is 24.3 Å². The van der Waals surface area contributed by atoms with Crippen LogP contribution in [0.25, 0.3) is 0 Å². The van der Waals surface area contributed by atoms with Crippen LogP contribution in [0.3, 0.4) is 0 Å². The van der Waals surface area contributed by atoms with Gasteiger partial charge in [-0.1, -0.05) is 59.2 Å². The van der Waals surface area contributed by atoms with Crippen molar-refractivity contribution in [2.24, 2.45) is 10.2 Å². The minimum Gasteiger partial charge on any atom is -0.326 e. The molecule has 0 bridgehead atoms. The Kier molecular flexibility index (Phi) is 6.49. The highest BCUT2D eigenvalue weighted by atomic mass is 35.5. The molecule has 0 spiro atoms. The van der Waals surface area contributed by atoms with Crippen LogP contribution in [0, 0.1) is 0 Å². The van der Waals surface area contributed by atoms with Gasteiger partial charge in [-0.15, -0.1) is 5.10 Å². The molecule has 27 heavy (non-hydrogen) atoms. The van der Waals surface area contributed by atoms with Crippen molar-refractivity contribution in [3.05, 3.63) is 64.1 Å². The number of nitrogens with one attached hydrogen (secondary N) is 2. The number of para-hydroxylation sites is 1. The second-order valence-electron chi connectivity index (χ2n) is 5.53. The monoisotopic (exact) mass is 420 g/mol. The van der Waals surface area contributed by atoms with E-state index in [2.05, 4.69) is 20.8 Å². The number of rotatable bonds is 5. The number of halogens is 2. The topological polar surface area (TPSA) is 82.9 Å². The average Bonchev–Trinajstić information content (AvgIpc) is 2.97. The molecule has 2 aromatic rings. The smallest absolute Gasteiger partial charge is 0.240 e. The molecule has 6 nitrogen and oxygen atoms in total. The lowest BCUT2D eigenvalue weighted by molar-refractivity contribution is -0.122. The summed E-state index contributed by atoms with van der Waals surface area (Å²) in [5.74, 6) is -0.520. The van der Waals surface area contributed by atoms with Gasteiger partial charge in [-0.2, -0.15) is 5.10 Å². The number of amides is 2. The van der Waals surface area contributed by atoms with Crippen molar-refractivity contribution in [3.8, 4) is 0 Å². The summed E-state index contributed by atoms with van der Waals surface area (Å²) in [7, 11) is 0. The maximum atomic E-state index is 12.1. The Labute approximate surface area is 170 Å². The zero-order chi connectivity index (χ0) is 19.2. The Morgan fingerprint density at radius 2 is 2.00 bits per heavy atom. The second kappa shape index (κ2) is 9.03. The van der Waals surface area contributed by atoms with Crippen molar-refractivity contribution in [2.75, 3.05) is 5.32 Å². The number of carbonyl (C=O) groups excluding carboxylic acids is 2. The lowest BCUT2D eigenvalue weighted by atomic mass is 10.2. The minimum atomic E-state index is -0.554. The molecule has 9 heteroatoms. The summed E-state index contributed by atoms with van der Waals surface area (Å²) >= 11 is 13.1. The molecule has 1 fully saturated rings. The van der Waals surface area contributed by atoms with Gasteiger partial charge >= 0.3 is 0 Å². The van der Waals surface area contributed by atoms with E-state index in [-0.39, 0.29) is 18.2 Å². The molecule has 1 aliphatic rings. The fourth-order valence-electron chi connectivity index (χ4n) is 2.24. The normalized spacial score (nSPS) is 18.1. The van der Waals surface area contributed by atoms with Crippen LogP contribution in [-0.2, 0) is 9.59 Å². The fourth-order valence-corrected chi connectivity index (χ4v) is 3.62. The number of thioether (sulfide) groups is 1. The van der Waals surface area contributed by atoms with Crippen LogP contribution in [0.15, 0.2) is 58.7 Å². The average molecular weight is 421 g/mol. The van der Waals surface area contributed by atoms with Gasteiger partial charge in [0.05, 0.1) is 11.2 Å². The van der Waals surface area contributed by atoms with E-state index in [9.17, 15) is 9.59 Å². The summed E-state index contributed by atoms with van der Waals surface area (Å²) in [4.78, 5) is 24.1. The van der Waals surface area contributed by atoms with E-state index in [1.54, 1.807) is 30.3 Å². The van der Waals surface area contributed by atoms with Crippen LogP contribution in [0.4, 0.5) is 5.69 Å². The van der Waals surface area contributed by atoms with Crippen LogP contribution < -0.4 is 10.6 Å². The Bertz CT molecular complexity index is 919. The van der Waals surface area contributed by atoms with E-state index < -0.39 is 5.25 Å². The van der Waals surface area contributed by atoms with Gasteiger partial charge in [-0.3, -0.25) is 9.59 Å². The van der Waals surface area contributed by atoms with E-state index >= 15 is 0 Å². The van der Waals surface area contributed by atoms with E-state index in [0.717, 1.165) is 11.8 Å². The third kappa shape index (κ3) is 5.56. The molecule has 1 aliphatic heterocycles. The molecule has 0 aromatic heterocycles. The van der Waals surface area contributed by atoms with Crippen LogP contribution in [-0.4, -0.2) is 28.4 Å². The molecule has 1 atom stereocenters. The molecule has 1 heterocycles. The van der Waals surface area contributed by atoms with Gasteiger partial charge in [0.1, 0.15) is 5.25 Å². The third-order valence-electron chi connectivity index (χ3n) is 3.51. The summed E-state index contributed by atoms with van der Waals surface area (Å²) < 4.78 is 0. The first-order valence-electron chi connectivity index (χ1n) is 7.90. The molecular formula is C18H14Cl2N4O2S. The lowest BCUT2D eigenvalue weighted by Gasteiger charge is -2.06. The molecular weight excluding hydrogens is 407 g/mol. The number of carbonyl (C=O) groups is 2. The first-order valence-corrected chi connectivity index (χ1v) is 9.53. The van der Waals surface area contributed by atoms with Crippen molar-refractivity contribution in [3.63, 3.8) is 0 Å². The number of hydrogen-bond acceptors (Lipinski definition) is 5. The van der Waals surface area contributed by atoms with E-state index in [1.807, 2.05) is 18.2 Å². The molecule has 2 N–H and O–H groups in total. The van der Waals surface area contributed by atoms with Gasteiger partial charge < -0.3 is 10.6 Å². The molecule has 2 aromatic carbocycles. The van der Waals surface area contributed by atoms with Gasteiger partial charge in [0.2, 0.25) is 11.8 Å². The number of nitrogens with zero attached hydrogens (tertiary/aromatic N) is 2. The number of hydrogen-bond donors (Lipinski definition) is 2. The van der Waals surface area contributed by atoms with Crippen LogP contribution >= 0.6 is 35.0 Å². The first-order chi connectivity index (χ1) is 13.0. The van der Waals surface area contributed by atoms with Crippen molar-refractivity contribution >= 4 is 63.8 Å². The predicted octanol–water partition coefficient (Wildman–Crippen LogP) is 3.94. The first kappa shape index (κ1) is 19.4. The maximum absolute atomic E-state index is 12.1.